The Morgan fingerprint density at radius 3 is 2.69 bits per heavy atom. The van der Waals surface area contributed by atoms with Crippen LogP contribution in [0.15, 0.2) is 91.1 Å². The van der Waals surface area contributed by atoms with Crippen molar-refractivity contribution >= 4 is 16.6 Å². The van der Waals surface area contributed by atoms with E-state index >= 15 is 0 Å². The second-order valence-electron chi connectivity index (χ2n) is 11.1. The van der Waals surface area contributed by atoms with Crippen LogP contribution in [-0.2, 0) is 18.4 Å². The molecular weight excluding hydrogens is 486 g/mol. The summed E-state index contributed by atoms with van der Waals surface area (Å²) < 4.78 is 6.28. The normalized spacial score (nSPS) is 27.7. The predicted molar refractivity (Wildman–Crippen MR) is 153 cm³/mol. The number of hydrogen-bond donors (Lipinski definition) is 3. The number of benzene rings is 3. The van der Waals surface area contributed by atoms with Crippen molar-refractivity contribution in [2.75, 3.05) is 18.9 Å². The maximum atomic E-state index is 10.8. The molecule has 1 aromatic heterocycles. The van der Waals surface area contributed by atoms with Crippen LogP contribution < -0.4 is 10.1 Å². The Balaban J connectivity index is 0.000000213. The van der Waals surface area contributed by atoms with Crippen molar-refractivity contribution in [2.24, 2.45) is 5.92 Å². The number of para-hydroxylation sites is 1. The standard InChI is InChI=1S/C24H26N2O3.C9H7N/c1-26-10-9-24-16-7-8-19(27)23(24)29-22-20(28)12-17(15(21(22)24)11-18(16)26)25-13-14-5-3-2-4-6-14;1-2-6-9-8(4-1)5-3-7-10-9/h2-8,12,16,18-19,23,25,27-28H,9-11,13H2,1H3;1-7H/t16-,18+,19-,23-,24-;/m0./s1. The highest BCUT2D eigenvalue weighted by atomic mass is 16.5. The van der Waals surface area contributed by atoms with Crippen LogP contribution in [0.5, 0.6) is 11.5 Å². The fraction of sp³-hybridized carbons (Fsp3) is 0.303. The Morgan fingerprint density at radius 2 is 1.85 bits per heavy atom. The molecule has 3 N–H and O–H groups in total. The molecule has 2 aliphatic carbocycles. The average molecular weight is 520 g/mol. The molecule has 0 amide bonds. The van der Waals surface area contributed by atoms with Gasteiger partial charge in [-0.3, -0.25) is 4.98 Å². The molecule has 0 radical (unpaired) electrons. The fourth-order valence-electron chi connectivity index (χ4n) is 7.29. The summed E-state index contributed by atoms with van der Waals surface area (Å²) in [7, 11) is 2.20. The molecule has 2 bridgehead atoms. The van der Waals surface area contributed by atoms with Gasteiger partial charge < -0.3 is 25.2 Å². The number of aromatic hydroxyl groups is 1. The number of ether oxygens (including phenoxy) is 1. The summed E-state index contributed by atoms with van der Waals surface area (Å²) in [5, 5.41) is 26.4. The minimum absolute atomic E-state index is 0.173. The lowest BCUT2D eigenvalue weighted by atomic mass is 9.53. The average Bonchev–Trinajstić information content (AvgIpc) is 3.33. The highest BCUT2D eigenvalue weighted by Crippen LogP contribution is 2.63. The first-order valence-corrected chi connectivity index (χ1v) is 13.8. The summed E-state index contributed by atoms with van der Waals surface area (Å²) >= 11 is 0. The number of nitrogens with zero attached hydrogens (tertiary/aromatic N) is 2. The summed E-state index contributed by atoms with van der Waals surface area (Å²) in [6.07, 6.45) is 6.78. The summed E-state index contributed by atoms with van der Waals surface area (Å²) in [4.78, 5) is 6.63. The third-order valence-electron chi connectivity index (χ3n) is 9.12. The van der Waals surface area contributed by atoms with Crippen LogP contribution in [-0.4, -0.2) is 51.9 Å². The third kappa shape index (κ3) is 3.81. The molecule has 0 saturated carbocycles. The number of pyridine rings is 1. The molecule has 0 unspecified atom stereocenters. The van der Waals surface area contributed by atoms with Crippen molar-refractivity contribution in [3.8, 4) is 11.5 Å². The molecular formula is C33H33N3O3. The number of likely N-dealkylation sites (tertiary alicyclic amines) is 1. The Kier molecular flexibility index (Phi) is 5.83. The van der Waals surface area contributed by atoms with Gasteiger partial charge in [-0.1, -0.05) is 66.7 Å². The van der Waals surface area contributed by atoms with Gasteiger partial charge >= 0.3 is 0 Å². The monoisotopic (exact) mass is 519 g/mol. The largest absolute Gasteiger partial charge is 0.504 e. The number of nitrogens with one attached hydrogen (secondary N) is 1. The molecule has 198 valence electrons. The van der Waals surface area contributed by atoms with E-state index in [0.29, 0.717) is 24.3 Å². The first-order chi connectivity index (χ1) is 19.1. The van der Waals surface area contributed by atoms with Crippen LogP contribution in [0.25, 0.3) is 10.9 Å². The summed E-state index contributed by atoms with van der Waals surface area (Å²) in [5.74, 6) is 1.06. The fourth-order valence-corrected chi connectivity index (χ4v) is 7.29. The van der Waals surface area contributed by atoms with E-state index in [4.69, 9.17) is 4.74 Å². The van der Waals surface area contributed by atoms with Gasteiger partial charge in [0.25, 0.3) is 0 Å². The van der Waals surface area contributed by atoms with E-state index in [9.17, 15) is 10.2 Å². The van der Waals surface area contributed by atoms with Gasteiger partial charge in [0.2, 0.25) is 0 Å². The van der Waals surface area contributed by atoms with E-state index < -0.39 is 6.10 Å². The van der Waals surface area contributed by atoms with Gasteiger partial charge in [0.1, 0.15) is 12.2 Å². The number of anilines is 1. The lowest BCUT2D eigenvalue weighted by Crippen LogP contribution is -2.64. The zero-order chi connectivity index (χ0) is 26.6. The predicted octanol–water partition coefficient (Wildman–Crippen LogP) is 5.05. The van der Waals surface area contributed by atoms with Crippen molar-refractivity contribution < 1.29 is 14.9 Å². The van der Waals surface area contributed by atoms with Gasteiger partial charge in [0, 0.05) is 52.8 Å². The molecule has 1 fully saturated rings. The second-order valence-corrected chi connectivity index (χ2v) is 11.1. The molecule has 8 rings (SSSR count). The molecule has 3 heterocycles. The van der Waals surface area contributed by atoms with E-state index in [0.717, 1.165) is 36.2 Å². The summed E-state index contributed by atoms with van der Waals surface area (Å²) in [5.41, 5.74) is 5.37. The third-order valence-corrected chi connectivity index (χ3v) is 9.12. The Labute approximate surface area is 228 Å². The molecule has 5 atom stereocenters. The van der Waals surface area contributed by atoms with E-state index in [2.05, 4.69) is 52.6 Å². The van der Waals surface area contributed by atoms with Crippen molar-refractivity contribution in [1.29, 1.82) is 0 Å². The summed E-state index contributed by atoms with van der Waals surface area (Å²) in [6.45, 7) is 1.68. The Morgan fingerprint density at radius 1 is 1.05 bits per heavy atom. The number of fused-ring (bicyclic) bond motifs is 1. The second kappa shape index (κ2) is 9.40. The molecule has 6 nitrogen and oxygen atoms in total. The molecule has 4 aliphatic rings. The number of rotatable bonds is 3. The lowest BCUT2D eigenvalue weighted by Gasteiger charge is -2.56. The molecule has 2 aliphatic heterocycles. The lowest BCUT2D eigenvalue weighted by molar-refractivity contribution is -0.0452. The molecule has 6 heteroatoms. The van der Waals surface area contributed by atoms with Crippen LogP contribution in [0.3, 0.4) is 0 Å². The van der Waals surface area contributed by atoms with Gasteiger partial charge in [0.15, 0.2) is 11.5 Å². The van der Waals surface area contributed by atoms with Gasteiger partial charge in [-0.2, -0.15) is 0 Å². The topological polar surface area (TPSA) is 77.9 Å². The van der Waals surface area contributed by atoms with Crippen molar-refractivity contribution in [3.05, 3.63) is 108 Å². The number of hydrogen-bond acceptors (Lipinski definition) is 6. The van der Waals surface area contributed by atoms with E-state index in [1.807, 2.05) is 54.7 Å². The maximum Gasteiger partial charge on any atom is 0.165 e. The van der Waals surface area contributed by atoms with Crippen LogP contribution >= 0.6 is 0 Å². The highest BCUT2D eigenvalue weighted by Gasteiger charge is 2.64. The number of phenolic OH excluding ortho intramolecular Hbond substituents is 1. The van der Waals surface area contributed by atoms with Gasteiger partial charge in [-0.25, -0.2) is 0 Å². The number of phenols is 1. The summed E-state index contributed by atoms with van der Waals surface area (Å²) in [6, 6.07) is 24.6. The van der Waals surface area contributed by atoms with Crippen LogP contribution in [0.2, 0.25) is 0 Å². The van der Waals surface area contributed by atoms with Gasteiger partial charge in [-0.05, 0) is 49.7 Å². The molecule has 1 saturated heterocycles. The number of aliphatic hydroxyl groups is 1. The Hall–Kier alpha value is -3.87. The van der Waals surface area contributed by atoms with Crippen LogP contribution in [0.4, 0.5) is 5.69 Å². The zero-order valence-corrected chi connectivity index (χ0v) is 22.0. The van der Waals surface area contributed by atoms with Gasteiger partial charge in [0.05, 0.1) is 5.52 Å². The van der Waals surface area contributed by atoms with E-state index in [1.54, 1.807) is 6.07 Å². The minimum atomic E-state index is -0.645. The van der Waals surface area contributed by atoms with Crippen molar-refractivity contribution in [3.63, 3.8) is 0 Å². The number of likely N-dealkylation sites (N-methyl/N-ethyl adjacent to an activating group) is 1. The maximum absolute atomic E-state index is 10.8. The van der Waals surface area contributed by atoms with Crippen molar-refractivity contribution in [2.45, 2.75) is 43.1 Å². The molecule has 3 aromatic carbocycles. The van der Waals surface area contributed by atoms with E-state index in [1.165, 1.54) is 16.5 Å². The number of aliphatic hydroxyl groups excluding tert-OH is 1. The highest BCUT2D eigenvalue weighted by molar-refractivity contribution is 5.77. The molecule has 4 aromatic rings. The number of aromatic nitrogens is 1. The van der Waals surface area contributed by atoms with Crippen LogP contribution in [0, 0.1) is 5.92 Å². The first kappa shape index (κ1) is 24.2. The molecule has 39 heavy (non-hydrogen) atoms. The van der Waals surface area contributed by atoms with Gasteiger partial charge in [-0.15, -0.1) is 0 Å². The quantitative estimate of drug-likeness (QED) is 0.329. The Bertz CT molecular complexity index is 1490. The van der Waals surface area contributed by atoms with Crippen LogP contribution in [0.1, 0.15) is 23.1 Å². The minimum Gasteiger partial charge on any atom is -0.504 e. The zero-order valence-electron chi connectivity index (χ0n) is 22.0. The first-order valence-electron chi connectivity index (χ1n) is 13.8. The SMILES string of the molecule is CN1CC[C@]23c4c5c(NCc6ccccc6)cc(O)c4O[C@H]2[C@@H](O)C=C[C@H]3[C@H]1C5.c1ccc2ncccc2c1. The smallest absolute Gasteiger partial charge is 0.165 e. The molecule has 1 spiro atoms. The van der Waals surface area contributed by atoms with E-state index in [-0.39, 0.29) is 17.3 Å². The number of piperidine rings is 1. The van der Waals surface area contributed by atoms with Crippen molar-refractivity contribution in [1.82, 2.24) is 9.88 Å².